The molecule has 0 bridgehead atoms. The van der Waals surface area contributed by atoms with Crippen molar-refractivity contribution < 1.29 is 17.5 Å². The van der Waals surface area contributed by atoms with Gasteiger partial charge in [0.15, 0.2) is 0 Å². The summed E-state index contributed by atoms with van der Waals surface area (Å²) in [6, 6.07) is 3.60. The van der Waals surface area contributed by atoms with E-state index in [1.54, 1.807) is 0 Å². The van der Waals surface area contributed by atoms with Crippen LogP contribution in [0.15, 0.2) is 18.2 Å². The predicted molar refractivity (Wildman–Crippen MR) is 49.8 cm³/mol. The van der Waals surface area contributed by atoms with Gasteiger partial charge in [-0.05, 0) is 6.07 Å². The molecular weight excluding hydrogens is 209 g/mol. The highest BCUT2D eigenvalue weighted by atomic mass is 32.2. The molecule has 0 radical (unpaired) electrons. The van der Waals surface area contributed by atoms with Crippen LogP contribution < -0.4 is 9.88 Å². The first-order chi connectivity index (χ1) is 6.42. The molecule has 0 heterocycles. The van der Waals surface area contributed by atoms with E-state index in [1.807, 2.05) is 0 Å². The lowest BCUT2D eigenvalue weighted by molar-refractivity contribution is 0.407. The van der Waals surface area contributed by atoms with E-state index in [0.29, 0.717) is 5.56 Å². The van der Waals surface area contributed by atoms with Crippen LogP contribution in [-0.4, -0.2) is 15.5 Å². The normalized spacial score (nSPS) is 11.4. The van der Waals surface area contributed by atoms with Gasteiger partial charge >= 0.3 is 0 Å². The average Bonchev–Trinajstić information content (AvgIpc) is 2.06. The summed E-state index contributed by atoms with van der Waals surface area (Å²) < 4.78 is 39.1. The van der Waals surface area contributed by atoms with Crippen molar-refractivity contribution in [2.75, 3.05) is 7.11 Å². The first kappa shape index (κ1) is 10.9. The van der Waals surface area contributed by atoms with E-state index < -0.39 is 15.8 Å². The molecule has 78 valence electrons. The fraction of sp³-hybridized carbons (Fsp3) is 0.250. The number of rotatable bonds is 3. The summed E-state index contributed by atoms with van der Waals surface area (Å²) in [6.07, 6.45) is 0. The highest BCUT2D eigenvalue weighted by molar-refractivity contribution is 7.88. The molecule has 0 aliphatic heterocycles. The zero-order valence-corrected chi connectivity index (χ0v) is 8.34. The zero-order valence-electron chi connectivity index (χ0n) is 7.53. The Labute approximate surface area is 81.5 Å². The van der Waals surface area contributed by atoms with Crippen LogP contribution in [0.25, 0.3) is 0 Å². The number of methoxy groups -OCH3 is 1. The summed E-state index contributed by atoms with van der Waals surface area (Å²) in [5, 5.41) is 4.85. The minimum Gasteiger partial charge on any atom is -0.496 e. The summed E-state index contributed by atoms with van der Waals surface area (Å²) in [5.74, 6) is -0.671. The van der Waals surface area contributed by atoms with Gasteiger partial charge in [0, 0.05) is 11.6 Å². The van der Waals surface area contributed by atoms with Crippen LogP contribution in [0.2, 0.25) is 0 Å². The van der Waals surface area contributed by atoms with Crippen LogP contribution in [0.3, 0.4) is 0 Å². The van der Waals surface area contributed by atoms with E-state index >= 15 is 0 Å². The maximum atomic E-state index is 12.7. The number of hydrogen-bond donors (Lipinski definition) is 1. The number of sulfonamides is 1. The fourth-order valence-electron chi connectivity index (χ4n) is 1.05. The molecule has 0 fully saturated rings. The summed E-state index contributed by atoms with van der Waals surface area (Å²) in [4.78, 5) is 0. The number of halogens is 1. The molecule has 1 aromatic rings. The summed E-state index contributed by atoms with van der Waals surface area (Å²) in [6.45, 7) is 0. The second-order valence-corrected chi connectivity index (χ2v) is 4.38. The van der Waals surface area contributed by atoms with Crippen molar-refractivity contribution in [3.05, 3.63) is 29.6 Å². The van der Waals surface area contributed by atoms with E-state index in [-0.39, 0.29) is 11.5 Å². The Morgan fingerprint density at radius 2 is 2.14 bits per heavy atom. The highest BCUT2D eigenvalue weighted by Gasteiger charge is 2.10. The van der Waals surface area contributed by atoms with Crippen molar-refractivity contribution in [1.82, 2.24) is 0 Å². The molecule has 0 aromatic heterocycles. The molecule has 1 aromatic carbocycles. The molecule has 0 atom stereocenters. The SMILES string of the molecule is COc1cc(F)ccc1CS(N)(=O)=O. The highest BCUT2D eigenvalue weighted by Crippen LogP contribution is 2.20. The Bertz CT molecular complexity index is 430. The molecule has 6 heteroatoms. The van der Waals surface area contributed by atoms with Crippen LogP contribution in [-0.2, 0) is 15.8 Å². The average molecular weight is 219 g/mol. The Hall–Kier alpha value is -1.14. The van der Waals surface area contributed by atoms with Gasteiger partial charge in [-0.1, -0.05) is 6.07 Å². The predicted octanol–water partition coefficient (Wildman–Crippen LogP) is 0.623. The van der Waals surface area contributed by atoms with Crippen LogP contribution >= 0.6 is 0 Å². The van der Waals surface area contributed by atoms with Gasteiger partial charge in [-0.3, -0.25) is 0 Å². The standard InChI is InChI=1S/C8H10FNO3S/c1-13-8-4-7(9)3-2-6(8)5-14(10,11)12/h2-4H,5H2,1H3,(H2,10,11,12). The van der Waals surface area contributed by atoms with Crippen molar-refractivity contribution in [2.45, 2.75) is 5.75 Å². The summed E-state index contributed by atoms with van der Waals surface area (Å²) >= 11 is 0. The number of ether oxygens (including phenoxy) is 1. The molecule has 0 unspecified atom stereocenters. The first-order valence-corrected chi connectivity index (χ1v) is 5.47. The van der Waals surface area contributed by atoms with Gasteiger partial charge in [0.25, 0.3) is 0 Å². The minimum atomic E-state index is -3.63. The smallest absolute Gasteiger partial charge is 0.213 e. The van der Waals surface area contributed by atoms with Gasteiger partial charge in [0.05, 0.1) is 12.9 Å². The Balaban J connectivity index is 3.09. The Kier molecular flexibility index (Phi) is 3.07. The van der Waals surface area contributed by atoms with Crippen molar-refractivity contribution >= 4 is 10.0 Å². The maximum absolute atomic E-state index is 12.7. The first-order valence-electron chi connectivity index (χ1n) is 3.75. The fourth-order valence-corrected chi connectivity index (χ4v) is 1.73. The monoisotopic (exact) mass is 219 g/mol. The number of benzene rings is 1. The van der Waals surface area contributed by atoms with Crippen LogP contribution in [0.4, 0.5) is 4.39 Å². The van der Waals surface area contributed by atoms with E-state index in [2.05, 4.69) is 0 Å². The molecule has 4 nitrogen and oxygen atoms in total. The van der Waals surface area contributed by atoms with Crippen molar-refractivity contribution in [3.8, 4) is 5.75 Å². The lowest BCUT2D eigenvalue weighted by Crippen LogP contribution is -2.15. The summed E-state index contributed by atoms with van der Waals surface area (Å²) in [5.41, 5.74) is 0.344. The van der Waals surface area contributed by atoms with E-state index in [4.69, 9.17) is 9.88 Å². The van der Waals surface area contributed by atoms with Gasteiger partial charge in [-0.25, -0.2) is 17.9 Å². The van der Waals surface area contributed by atoms with Gasteiger partial charge in [-0.15, -0.1) is 0 Å². The number of primary sulfonamides is 1. The molecule has 0 aliphatic rings. The molecular formula is C8H10FNO3S. The third kappa shape index (κ3) is 2.97. The van der Waals surface area contributed by atoms with E-state index in [9.17, 15) is 12.8 Å². The summed E-state index contributed by atoms with van der Waals surface area (Å²) in [7, 11) is -2.29. The number of hydrogen-bond acceptors (Lipinski definition) is 3. The van der Waals surface area contributed by atoms with Gasteiger partial charge in [-0.2, -0.15) is 0 Å². The molecule has 0 spiro atoms. The Morgan fingerprint density at radius 3 is 2.64 bits per heavy atom. The quantitative estimate of drug-likeness (QED) is 0.810. The molecule has 2 N–H and O–H groups in total. The Morgan fingerprint density at radius 1 is 1.50 bits per heavy atom. The molecule has 0 aliphatic carbocycles. The van der Waals surface area contributed by atoms with E-state index in [1.165, 1.54) is 13.2 Å². The van der Waals surface area contributed by atoms with Crippen molar-refractivity contribution in [3.63, 3.8) is 0 Å². The second-order valence-electron chi connectivity index (χ2n) is 2.76. The molecule has 0 amide bonds. The lowest BCUT2D eigenvalue weighted by atomic mass is 10.2. The van der Waals surface area contributed by atoms with Crippen LogP contribution in [0.5, 0.6) is 5.75 Å². The molecule has 0 saturated carbocycles. The van der Waals surface area contributed by atoms with Gasteiger partial charge in [0.2, 0.25) is 10.0 Å². The zero-order chi connectivity index (χ0) is 10.8. The second kappa shape index (κ2) is 3.93. The van der Waals surface area contributed by atoms with Crippen molar-refractivity contribution in [2.24, 2.45) is 5.14 Å². The third-order valence-corrected chi connectivity index (χ3v) is 2.32. The topological polar surface area (TPSA) is 69.4 Å². The van der Waals surface area contributed by atoms with Gasteiger partial charge < -0.3 is 4.74 Å². The van der Waals surface area contributed by atoms with Gasteiger partial charge in [0.1, 0.15) is 11.6 Å². The largest absolute Gasteiger partial charge is 0.496 e. The van der Waals surface area contributed by atoms with Crippen LogP contribution in [0, 0.1) is 5.82 Å². The molecule has 1 rings (SSSR count). The maximum Gasteiger partial charge on any atom is 0.213 e. The third-order valence-electron chi connectivity index (χ3n) is 1.61. The van der Waals surface area contributed by atoms with E-state index in [0.717, 1.165) is 12.1 Å². The number of nitrogens with two attached hydrogens (primary N) is 1. The molecule has 14 heavy (non-hydrogen) atoms. The van der Waals surface area contributed by atoms with Crippen LogP contribution in [0.1, 0.15) is 5.56 Å². The van der Waals surface area contributed by atoms with Crippen molar-refractivity contribution in [1.29, 1.82) is 0 Å². The minimum absolute atomic E-state index is 0.180. The lowest BCUT2D eigenvalue weighted by Gasteiger charge is -2.06. The molecule has 0 saturated heterocycles.